The zero-order valence-corrected chi connectivity index (χ0v) is 28.4. The van der Waals surface area contributed by atoms with Crippen molar-refractivity contribution in [3.05, 3.63) is 182 Å². The molecule has 0 saturated carbocycles. The molecule has 0 atom stereocenters. The minimum atomic E-state index is 0.840. The maximum absolute atomic E-state index is 7.94. The molecule has 0 aliphatic carbocycles. The number of rotatable bonds is 6. The van der Waals surface area contributed by atoms with Crippen LogP contribution in [0.1, 0.15) is 18.1 Å². The summed E-state index contributed by atoms with van der Waals surface area (Å²) in [5, 5.41) is 17.7. The predicted octanol–water partition coefficient (Wildman–Crippen LogP) is 12.5. The third kappa shape index (κ3) is 5.91. The lowest BCUT2D eigenvalue weighted by atomic mass is 9.98. The number of benzene rings is 7. The number of hydrogen-bond donors (Lipinski definition) is 2. The highest BCUT2D eigenvalue weighted by Crippen LogP contribution is 2.40. The quantitative estimate of drug-likeness (QED) is 0.137. The number of nitrogens with zero attached hydrogens (tertiary/aromatic N) is 1. The van der Waals surface area contributed by atoms with Crippen molar-refractivity contribution in [3.8, 4) is 16.8 Å². The van der Waals surface area contributed by atoms with Crippen molar-refractivity contribution in [2.24, 2.45) is 5.73 Å². The molecule has 3 N–H and O–H groups in total. The summed E-state index contributed by atoms with van der Waals surface area (Å²) >= 11 is 0. The standard InChI is InChI=1S/C42H30N2.C5H9N/c1-3-7-35(26-43)32-16-19-37-34(24-32)18-21-39-38-20-17-33(31-15-14-29-22-27(2)12-13-30(29)23-31)25-41(38)44(42(37)39)40-11-6-9-28-8-4-5-10-36(28)40;1-2-3-4-5-6/h3-26,43H,1H2,2H3;2-5H,6H2,1H3/b35-7+,43-26?;3-2-,5-4-. The predicted molar refractivity (Wildman–Crippen MR) is 219 cm³/mol. The summed E-state index contributed by atoms with van der Waals surface area (Å²) in [5.41, 5.74) is 14.0. The minimum Gasteiger partial charge on any atom is -0.405 e. The molecule has 0 saturated heterocycles. The van der Waals surface area contributed by atoms with E-state index in [-0.39, 0.29) is 0 Å². The molecular formula is C47H39N3. The lowest BCUT2D eigenvalue weighted by Crippen LogP contribution is -1.96. The molecule has 7 aromatic carbocycles. The smallest absolute Gasteiger partial charge is 0.0619 e. The van der Waals surface area contributed by atoms with E-state index in [0.717, 1.165) is 22.2 Å². The summed E-state index contributed by atoms with van der Waals surface area (Å²) in [6.07, 6.45) is 12.1. The number of hydrogen-bond acceptors (Lipinski definition) is 2. The summed E-state index contributed by atoms with van der Waals surface area (Å²) in [4.78, 5) is 0. The van der Waals surface area contributed by atoms with Crippen molar-refractivity contribution < 1.29 is 0 Å². The summed E-state index contributed by atoms with van der Waals surface area (Å²) < 4.78 is 2.46. The van der Waals surface area contributed by atoms with Gasteiger partial charge in [0.05, 0.1) is 16.7 Å². The fourth-order valence-corrected chi connectivity index (χ4v) is 6.92. The van der Waals surface area contributed by atoms with Gasteiger partial charge in [-0.25, -0.2) is 0 Å². The van der Waals surface area contributed by atoms with Gasteiger partial charge in [-0.3, -0.25) is 0 Å². The Morgan fingerprint density at radius 3 is 2.18 bits per heavy atom. The number of aromatic nitrogens is 1. The highest BCUT2D eigenvalue weighted by Gasteiger charge is 2.18. The van der Waals surface area contributed by atoms with Gasteiger partial charge in [-0.15, -0.1) is 0 Å². The van der Waals surface area contributed by atoms with E-state index >= 15 is 0 Å². The molecule has 0 aliphatic rings. The Morgan fingerprint density at radius 2 is 1.38 bits per heavy atom. The van der Waals surface area contributed by atoms with Crippen LogP contribution in [0.4, 0.5) is 0 Å². The van der Waals surface area contributed by atoms with E-state index < -0.39 is 0 Å². The Morgan fingerprint density at radius 1 is 0.660 bits per heavy atom. The minimum absolute atomic E-state index is 0.840. The van der Waals surface area contributed by atoms with E-state index in [1.54, 1.807) is 12.2 Å². The average Bonchev–Trinajstić information content (AvgIpc) is 3.49. The third-order valence-corrected chi connectivity index (χ3v) is 9.28. The van der Waals surface area contributed by atoms with Crippen molar-refractivity contribution in [2.75, 3.05) is 0 Å². The second kappa shape index (κ2) is 14.0. The summed E-state index contributed by atoms with van der Waals surface area (Å²) in [6.45, 7) is 7.92. The molecular weight excluding hydrogens is 607 g/mol. The van der Waals surface area contributed by atoms with Crippen molar-refractivity contribution in [1.82, 2.24) is 4.57 Å². The van der Waals surface area contributed by atoms with E-state index in [1.165, 1.54) is 77.8 Å². The van der Waals surface area contributed by atoms with Gasteiger partial charge < -0.3 is 15.7 Å². The number of fused-ring (bicyclic) bond motifs is 7. The van der Waals surface area contributed by atoms with Crippen LogP contribution < -0.4 is 5.73 Å². The van der Waals surface area contributed by atoms with Gasteiger partial charge in [-0.1, -0.05) is 140 Å². The fourth-order valence-electron chi connectivity index (χ4n) is 6.92. The molecule has 1 aromatic heterocycles. The second-order valence-electron chi connectivity index (χ2n) is 12.4. The van der Waals surface area contributed by atoms with E-state index in [1.807, 2.05) is 25.2 Å². The number of allylic oxidation sites excluding steroid dienone is 6. The van der Waals surface area contributed by atoms with Gasteiger partial charge in [0.15, 0.2) is 0 Å². The monoisotopic (exact) mass is 645 g/mol. The van der Waals surface area contributed by atoms with Crippen LogP contribution in [0.15, 0.2) is 171 Å². The molecule has 0 bridgehead atoms. The Labute approximate surface area is 293 Å². The fraction of sp³-hybridized carbons (Fsp3) is 0.0426. The van der Waals surface area contributed by atoms with Gasteiger partial charge >= 0.3 is 0 Å². The van der Waals surface area contributed by atoms with Gasteiger partial charge in [0, 0.05) is 27.8 Å². The van der Waals surface area contributed by atoms with E-state index in [0.29, 0.717) is 0 Å². The van der Waals surface area contributed by atoms with Gasteiger partial charge in [0.1, 0.15) is 0 Å². The molecule has 8 aromatic rings. The number of nitrogens with two attached hydrogens (primary N) is 1. The molecule has 0 radical (unpaired) electrons. The molecule has 0 fully saturated rings. The molecule has 0 unspecified atom stereocenters. The molecule has 50 heavy (non-hydrogen) atoms. The third-order valence-electron chi connectivity index (χ3n) is 9.28. The Balaban J connectivity index is 0.000000603. The Bertz CT molecular complexity index is 2650. The zero-order chi connectivity index (χ0) is 34.6. The summed E-state index contributed by atoms with van der Waals surface area (Å²) in [5.74, 6) is 0. The molecule has 242 valence electrons. The highest BCUT2D eigenvalue weighted by atomic mass is 15.0. The van der Waals surface area contributed by atoms with Crippen LogP contribution in [-0.4, -0.2) is 10.8 Å². The van der Waals surface area contributed by atoms with Crippen LogP contribution in [0.3, 0.4) is 0 Å². The first-order chi connectivity index (χ1) is 24.5. The Hall–Kier alpha value is -6.45. The maximum Gasteiger partial charge on any atom is 0.0619 e. The van der Waals surface area contributed by atoms with E-state index in [4.69, 9.17) is 11.1 Å². The first-order valence-corrected chi connectivity index (χ1v) is 16.9. The van der Waals surface area contributed by atoms with Gasteiger partial charge in [0.2, 0.25) is 0 Å². The summed E-state index contributed by atoms with van der Waals surface area (Å²) in [7, 11) is 0. The van der Waals surface area contributed by atoms with Crippen LogP contribution in [0.25, 0.3) is 76.5 Å². The number of nitrogens with one attached hydrogen (secondary N) is 1. The molecule has 3 heteroatoms. The van der Waals surface area contributed by atoms with Crippen LogP contribution >= 0.6 is 0 Å². The maximum atomic E-state index is 7.94. The van der Waals surface area contributed by atoms with Crippen LogP contribution in [-0.2, 0) is 0 Å². The first kappa shape index (κ1) is 32.1. The van der Waals surface area contributed by atoms with E-state index in [9.17, 15) is 0 Å². The van der Waals surface area contributed by atoms with Crippen molar-refractivity contribution in [2.45, 2.75) is 13.8 Å². The van der Waals surface area contributed by atoms with Crippen molar-refractivity contribution in [3.63, 3.8) is 0 Å². The number of aryl methyl sites for hydroxylation is 1. The zero-order valence-electron chi connectivity index (χ0n) is 28.4. The van der Waals surface area contributed by atoms with Gasteiger partial charge in [0.25, 0.3) is 0 Å². The van der Waals surface area contributed by atoms with Crippen molar-refractivity contribution >= 4 is 65.9 Å². The lowest BCUT2D eigenvalue weighted by molar-refractivity contribution is 1.20. The van der Waals surface area contributed by atoms with E-state index in [2.05, 4.69) is 145 Å². The first-order valence-electron chi connectivity index (χ1n) is 16.9. The van der Waals surface area contributed by atoms with Crippen LogP contribution in [0.2, 0.25) is 0 Å². The van der Waals surface area contributed by atoms with Crippen LogP contribution in [0, 0.1) is 12.3 Å². The van der Waals surface area contributed by atoms with Gasteiger partial charge in [-0.05, 0) is 94.2 Å². The summed E-state index contributed by atoms with van der Waals surface area (Å²) in [6, 6.07) is 46.5. The molecule has 0 aliphatic heterocycles. The molecule has 1 heterocycles. The topological polar surface area (TPSA) is 54.8 Å². The lowest BCUT2D eigenvalue weighted by Gasteiger charge is -2.14. The normalized spacial score (nSPS) is 12.0. The molecule has 3 nitrogen and oxygen atoms in total. The van der Waals surface area contributed by atoms with Crippen LogP contribution in [0.5, 0.6) is 0 Å². The SMILES string of the molecule is C/C=C\C=C/N.C=C/C=C(\C=N)c1ccc2c(ccc3c4ccc(-c5ccc6cc(C)ccc6c5)cc4n(-c4cccc5ccccc45)c23)c1. The Kier molecular flexibility index (Phi) is 8.96. The second-order valence-corrected chi connectivity index (χ2v) is 12.4. The molecule has 0 spiro atoms. The van der Waals surface area contributed by atoms with Crippen molar-refractivity contribution in [1.29, 1.82) is 5.41 Å². The molecule has 0 amide bonds. The molecule has 8 rings (SSSR count). The van der Waals surface area contributed by atoms with Gasteiger partial charge in [-0.2, -0.15) is 0 Å². The highest BCUT2D eigenvalue weighted by molar-refractivity contribution is 6.20. The largest absolute Gasteiger partial charge is 0.405 e. The average molecular weight is 646 g/mol.